The van der Waals surface area contributed by atoms with Gasteiger partial charge in [-0.25, -0.2) is 9.07 Å². The minimum atomic E-state index is -0.556. The summed E-state index contributed by atoms with van der Waals surface area (Å²) < 4.78 is 21.3. The molecule has 0 amide bonds. The van der Waals surface area contributed by atoms with E-state index in [0.29, 0.717) is 18.5 Å². The van der Waals surface area contributed by atoms with E-state index in [1.54, 1.807) is 23.9 Å². The van der Waals surface area contributed by atoms with Crippen LogP contribution in [0, 0.1) is 12.7 Å². The summed E-state index contributed by atoms with van der Waals surface area (Å²) in [7, 11) is 1.78. The maximum absolute atomic E-state index is 14.0. The molecule has 0 unspecified atom stereocenters. The van der Waals surface area contributed by atoms with Crippen molar-refractivity contribution in [1.29, 1.82) is 0 Å². The Morgan fingerprint density at radius 1 is 1.48 bits per heavy atom. The van der Waals surface area contributed by atoms with Crippen molar-refractivity contribution in [2.45, 2.75) is 32.4 Å². The van der Waals surface area contributed by atoms with E-state index in [1.807, 2.05) is 6.92 Å². The molecule has 1 heterocycles. The normalized spacial score (nSPS) is 14.5. The first-order valence-electron chi connectivity index (χ1n) is 6.94. The third-order valence-corrected chi connectivity index (χ3v) is 3.85. The van der Waals surface area contributed by atoms with Crippen LogP contribution in [-0.4, -0.2) is 15.8 Å². The van der Waals surface area contributed by atoms with Crippen LogP contribution in [0.1, 0.15) is 24.1 Å². The first-order valence-corrected chi connectivity index (χ1v) is 7.31. The van der Waals surface area contributed by atoms with Crippen molar-refractivity contribution in [2.24, 2.45) is 7.05 Å². The van der Waals surface area contributed by atoms with Crippen molar-refractivity contribution in [2.75, 3.05) is 0 Å². The lowest BCUT2D eigenvalue weighted by molar-refractivity contribution is 0.398. The van der Waals surface area contributed by atoms with Gasteiger partial charge >= 0.3 is 0 Å². The van der Waals surface area contributed by atoms with Crippen molar-refractivity contribution in [3.8, 4) is 11.6 Å². The highest BCUT2D eigenvalue weighted by Gasteiger charge is 2.23. The Balaban J connectivity index is 1.88. The average Bonchev–Trinajstić information content (AvgIpc) is 3.22. The molecule has 4 nitrogen and oxygen atoms in total. The molecule has 0 bridgehead atoms. The van der Waals surface area contributed by atoms with Gasteiger partial charge in [0, 0.05) is 19.6 Å². The zero-order chi connectivity index (χ0) is 15.0. The number of ether oxygens (including phenoxy) is 1. The highest BCUT2D eigenvalue weighted by molar-refractivity contribution is 6.30. The van der Waals surface area contributed by atoms with E-state index in [1.165, 1.54) is 18.9 Å². The molecule has 21 heavy (non-hydrogen) atoms. The Morgan fingerprint density at radius 2 is 2.24 bits per heavy atom. The van der Waals surface area contributed by atoms with E-state index >= 15 is 0 Å². The Labute approximate surface area is 127 Å². The number of hydrogen-bond donors (Lipinski definition) is 1. The van der Waals surface area contributed by atoms with Crippen molar-refractivity contribution >= 4 is 11.6 Å². The van der Waals surface area contributed by atoms with Crippen LogP contribution < -0.4 is 10.1 Å². The van der Waals surface area contributed by atoms with Crippen LogP contribution in [0.2, 0.25) is 5.02 Å². The second-order valence-electron chi connectivity index (χ2n) is 5.30. The molecule has 1 aliphatic carbocycles. The summed E-state index contributed by atoms with van der Waals surface area (Å²) in [5, 5.41) is 7.83. The van der Waals surface area contributed by atoms with Crippen LogP contribution >= 0.6 is 11.6 Å². The number of aryl methyl sites for hydroxylation is 2. The molecule has 1 N–H and O–H groups in total. The Bertz CT molecular complexity index is 667. The Kier molecular flexibility index (Phi) is 3.87. The number of hydrogen-bond acceptors (Lipinski definition) is 3. The molecular formula is C15H17ClFN3O. The van der Waals surface area contributed by atoms with Gasteiger partial charge < -0.3 is 10.1 Å². The first kappa shape index (κ1) is 14.4. The van der Waals surface area contributed by atoms with Gasteiger partial charge in [0.15, 0.2) is 11.6 Å². The summed E-state index contributed by atoms with van der Waals surface area (Å²) >= 11 is 5.79. The molecule has 1 saturated carbocycles. The highest BCUT2D eigenvalue weighted by atomic mass is 35.5. The van der Waals surface area contributed by atoms with E-state index in [-0.39, 0.29) is 10.8 Å². The topological polar surface area (TPSA) is 39.1 Å². The molecule has 1 aromatic carbocycles. The van der Waals surface area contributed by atoms with Gasteiger partial charge in [-0.1, -0.05) is 17.7 Å². The maximum atomic E-state index is 14.0. The molecular weight excluding hydrogens is 293 g/mol. The summed E-state index contributed by atoms with van der Waals surface area (Å²) in [5.41, 5.74) is 1.83. The predicted octanol–water partition coefficient (Wildman–Crippen LogP) is 3.57. The molecule has 3 rings (SSSR count). The summed E-state index contributed by atoms with van der Waals surface area (Å²) in [4.78, 5) is 0. The van der Waals surface area contributed by atoms with Gasteiger partial charge in [0.2, 0.25) is 5.88 Å². The fraction of sp³-hybridized carbons (Fsp3) is 0.400. The molecule has 1 fully saturated rings. The first-order chi connectivity index (χ1) is 10.1. The molecule has 0 aliphatic heterocycles. The van der Waals surface area contributed by atoms with E-state index in [2.05, 4.69) is 10.4 Å². The van der Waals surface area contributed by atoms with Gasteiger partial charge in [-0.05, 0) is 31.9 Å². The van der Waals surface area contributed by atoms with Gasteiger partial charge in [-0.2, -0.15) is 5.10 Å². The predicted molar refractivity (Wildman–Crippen MR) is 79.3 cm³/mol. The Hall–Kier alpha value is -1.59. The Morgan fingerprint density at radius 3 is 2.95 bits per heavy atom. The summed E-state index contributed by atoms with van der Waals surface area (Å²) in [6, 6.07) is 5.29. The smallest absolute Gasteiger partial charge is 0.222 e. The lowest BCUT2D eigenvalue weighted by atomic mass is 10.2. The number of nitrogens with zero attached hydrogens (tertiary/aromatic N) is 2. The number of aromatic nitrogens is 2. The molecule has 1 aromatic heterocycles. The van der Waals surface area contributed by atoms with Crippen molar-refractivity contribution in [3.05, 3.63) is 40.3 Å². The van der Waals surface area contributed by atoms with E-state index in [0.717, 1.165) is 11.3 Å². The van der Waals surface area contributed by atoms with Crippen molar-refractivity contribution in [3.63, 3.8) is 0 Å². The molecule has 6 heteroatoms. The summed E-state index contributed by atoms with van der Waals surface area (Å²) in [6.07, 6.45) is 2.41. The van der Waals surface area contributed by atoms with Crippen LogP contribution in [0.3, 0.4) is 0 Å². The van der Waals surface area contributed by atoms with Gasteiger partial charge in [0.05, 0.1) is 16.3 Å². The number of halogens is 2. The lowest BCUT2D eigenvalue weighted by Gasteiger charge is -2.10. The van der Waals surface area contributed by atoms with Crippen LogP contribution in [0.15, 0.2) is 18.2 Å². The minimum absolute atomic E-state index is 0.0454. The third kappa shape index (κ3) is 3.04. The molecule has 0 saturated heterocycles. The van der Waals surface area contributed by atoms with Crippen molar-refractivity contribution in [1.82, 2.24) is 15.1 Å². The van der Waals surface area contributed by atoms with Crippen molar-refractivity contribution < 1.29 is 9.13 Å². The molecule has 2 aromatic rings. The minimum Gasteiger partial charge on any atom is -0.436 e. The molecule has 0 radical (unpaired) electrons. The van der Waals surface area contributed by atoms with E-state index in [4.69, 9.17) is 16.3 Å². The second kappa shape index (κ2) is 5.66. The largest absolute Gasteiger partial charge is 0.436 e. The summed E-state index contributed by atoms with van der Waals surface area (Å²) in [5.74, 6) is 0.0964. The fourth-order valence-corrected chi connectivity index (χ4v) is 2.38. The standard InChI is InChI=1S/C15H17ClFN3O/c1-9-11(8-18-10-6-7-10)15(20(2)19-9)21-13-5-3-4-12(16)14(13)17/h3-5,10,18H,6-8H2,1-2H3. The van der Waals surface area contributed by atoms with E-state index < -0.39 is 5.82 Å². The zero-order valence-electron chi connectivity index (χ0n) is 12.0. The lowest BCUT2D eigenvalue weighted by Crippen LogP contribution is -2.16. The van der Waals surface area contributed by atoms with Gasteiger partial charge in [-0.3, -0.25) is 0 Å². The van der Waals surface area contributed by atoms with Gasteiger partial charge in [0.25, 0.3) is 0 Å². The molecule has 0 spiro atoms. The van der Waals surface area contributed by atoms with Crippen LogP contribution in [0.4, 0.5) is 4.39 Å². The van der Waals surface area contributed by atoms with Crippen LogP contribution in [0.25, 0.3) is 0 Å². The highest BCUT2D eigenvalue weighted by Crippen LogP contribution is 2.32. The summed E-state index contributed by atoms with van der Waals surface area (Å²) in [6.45, 7) is 2.59. The average molecular weight is 310 g/mol. The molecule has 1 aliphatic rings. The second-order valence-corrected chi connectivity index (χ2v) is 5.71. The fourth-order valence-electron chi connectivity index (χ4n) is 2.21. The zero-order valence-corrected chi connectivity index (χ0v) is 12.7. The third-order valence-electron chi connectivity index (χ3n) is 3.56. The molecule has 112 valence electrons. The SMILES string of the molecule is Cc1nn(C)c(Oc2cccc(Cl)c2F)c1CNC1CC1. The number of benzene rings is 1. The monoisotopic (exact) mass is 309 g/mol. The van der Waals surface area contributed by atoms with E-state index in [9.17, 15) is 4.39 Å². The maximum Gasteiger partial charge on any atom is 0.222 e. The molecule has 0 atom stereocenters. The number of rotatable bonds is 5. The van der Waals surface area contributed by atoms with Gasteiger partial charge in [0.1, 0.15) is 0 Å². The van der Waals surface area contributed by atoms with Crippen LogP contribution in [0.5, 0.6) is 11.6 Å². The van der Waals surface area contributed by atoms with Gasteiger partial charge in [-0.15, -0.1) is 0 Å². The number of nitrogens with one attached hydrogen (secondary N) is 1. The quantitative estimate of drug-likeness (QED) is 0.918. The van der Waals surface area contributed by atoms with Crippen LogP contribution in [-0.2, 0) is 13.6 Å².